The number of halogens is 2. The Kier molecular flexibility index (Phi) is 8.08. The highest BCUT2D eigenvalue weighted by Crippen LogP contribution is 2.33. The van der Waals surface area contributed by atoms with Crippen molar-refractivity contribution >= 4 is 41.5 Å². The standard InChI is InChI=1S/C22H24ClN3O2S.ClH/c23-18-6-4-17(5-7-18)8-9-22(15-26-11-10-25-16-26)27-13-20(28-22)14-29-21-3-1-2-19(24)12-21;/h1-7,10-12,16,20H,8-9,13-15,24H2;1H/t20-,22+;/m0./s1. The van der Waals surface area contributed by atoms with Gasteiger partial charge in [-0.15, -0.1) is 24.2 Å². The summed E-state index contributed by atoms with van der Waals surface area (Å²) in [6.07, 6.45) is 7.13. The Morgan fingerprint density at radius 3 is 2.80 bits per heavy atom. The molecule has 0 spiro atoms. The Balaban J connectivity index is 0.00000256. The smallest absolute Gasteiger partial charge is 0.187 e. The number of nitrogens with two attached hydrogens (primary N) is 1. The molecule has 1 aliphatic heterocycles. The number of aryl methyl sites for hydroxylation is 1. The van der Waals surface area contributed by atoms with Crippen LogP contribution in [0.5, 0.6) is 0 Å². The molecule has 1 aromatic heterocycles. The van der Waals surface area contributed by atoms with Gasteiger partial charge in [0.25, 0.3) is 0 Å². The molecule has 2 aromatic carbocycles. The molecule has 0 saturated carbocycles. The van der Waals surface area contributed by atoms with Crippen LogP contribution in [0.4, 0.5) is 5.69 Å². The highest BCUT2D eigenvalue weighted by atomic mass is 35.5. The summed E-state index contributed by atoms with van der Waals surface area (Å²) in [5, 5.41) is 0.744. The van der Waals surface area contributed by atoms with Crippen LogP contribution in [0.2, 0.25) is 5.02 Å². The van der Waals surface area contributed by atoms with Crippen LogP contribution in [-0.4, -0.2) is 33.8 Å². The van der Waals surface area contributed by atoms with Crippen molar-refractivity contribution in [2.45, 2.75) is 36.2 Å². The Bertz CT molecular complexity index is 924. The molecule has 0 radical (unpaired) electrons. The maximum Gasteiger partial charge on any atom is 0.187 e. The van der Waals surface area contributed by atoms with Crippen LogP contribution < -0.4 is 5.73 Å². The summed E-state index contributed by atoms with van der Waals surface area (Å²) in [5.74, 6) is 0.150. The third-order valence-electron chi connectivity index (χ3n) is 4.90. The Labute approximate surface area is 192 Å². The maximum absolute atomic E-state index is 6.47. The molecule has 0 aliphatic carbocycles. The average molecular weight is 466 g/mol. The summed E-state index contributed by atoms with van der Waals surface area (Å²) in [4.78, 5) is 5.29. The normalized spacial score (nSPS) is 20.8. The summed E-state index contributed by atoms with van der Waals surface area (Å²) < 4.78 is 14.7. The van der Waals surface area contributed by atoms with Crippen LogP contribution in [0.15, 0.2) is 72.1 Å². The second-order valence-electron chi connectivity index (χ2n) is 7.21. The number of rotatable bonds is 8. The molecule has 30 heavy (non-hydrogen) atoms. The minimum Gasteiger partial charge on any atom is -0.399 e. The zero-order valence-corrected chi connectivity index (χ0v) is 18.8. The molecule has 2 N–H and O–H groups in total. The second kappa shape index (κ2) is 10.6. The molecule has 1 saturated heterocycles. The fraction of sp³-hybridized carbons (Fsp3) is 0.318. The van der Waals surface area contributed by atoms with Crippen LogP contribution in [0.3, 0.4) is 0 Å². The predicted molar refractivity (Wildman–Crippen MR) is 124 cm³/mol. The van der Waals surface area contributed by atoms with Crippen molar-refractivity contribution in [3.8, 4) is 0 Å². The lowest BCUT2D eigenvalue weighted by Gasteiger charge is -2.28. The van der Waals surface area contributed by atoms with Gasteiger partial charge in [-0.1, -0.05) is 29.8 Å². The molecule has 160 valence electrons. The summed E-state index contributed by atoms with van der Waals surface area (Å²) in [5.41, 5.74) is 7.87. The van der Waals surface area contributed by atoms with Crippen LogP contribution >= 0.6 is 35.8 Å². The van der Waals surface area contributed by atoms with E-state index in [2.05, 4.69) is 23.2 Å². The van der Waals surface area contributed by atoms with E-state index < -0.39 is 5.79 Å². The van der Waals surface area contributed by atoms with Gasteiger partial charge in [0.15, 0.2) is 5.79 Å². The van der Waals surface area contributed by atoms with Gasteiger partial charge in [-0.2, -0.15) is 0 Å². The van der Waals surface area contributed by atoms with E-state index in [9.17, 15) is 0 Å². The lowest BCUT2D eigenvalue weighted by molar-refractivity contribution is -0.180. The number of hydrogen-bond acceptors (Lipinski definition) is 5. The summed E-state index contributed by atoms with van der Waals surface area (Å²) in [7, 11) is 0. The fourth-order valence-electron chi connectivity index (χ4n) is 3.43. The Hall–Kier alpha value is -1.70. The number of benzene rings is 2. The quantitative estimate of drug-likeness (QED) is 0.371. The van der Waals surface area contributed by atoms with Crippen molar-refractivity contribution in [3.63, 3.8) is 0 Å². The van der Waals surface area contributed by atoms with E-state index in [0.717, 1.165) is 34.2 Å². The number of imidazole rings is 1. The van der Waals surface area contributed by atoms with Gasteiger partial charge in [-0.25, -0.2) is 4.98 Å². The molecular formula is C22H25Cl2N3O2S. The number of nitrogen functional groups attached to an aromatic ring is 1. The summed E-state index contributed by atoms with van der Waals surface area (Å²) in [6, 6.07) is 15.9. The van der Waals surface area contributed by atoms with Crippen LogP contribution in [-0.2, 0) is 22.4 Å². The number of hydrogen-bond donors (Lipinski definition) is 1. The fourth-order valence-corrected chi connectivity index (χ4v) is 4.49. The molecule has 0 amide bonds. The minimum atomic E-state index is -0.665. The van der Waals surface area contributed by atoms with Crippen molar-refractivity contribution in [1.29, 1.82) is 0 Å². The number of nitrogens with zero attached hydrogens (tertiary/aromatic N) is 2. The average Bonchev–Trinajstić information content (AvgIpc) is 3.37. The third-order valence-corrected chi connectivity index (χ3v) is 6.28. The van der Waals surface area contributed by atoms with Crippen molar-refractivity contribution < 1.29 is 9.47 Å². The van der Waals surface area contributed by atoms with Crippen molar-refractivity contribution in [1.82, 2.24) is 9.55 Å². The molecule has 0 unspecified atom stereocenters. The first-order valence-corrected chi connectivity index (χ1v) is 11.0. The van der Waals surface area contributed by atoms with E-state index in [-0.39, 0.29) is 18.5 Å². The van der Waals surface area contributed by atoms with Crippen molar-refractivity contribution in [2.75, 3.05) is 18.1 Å². The third kappa shape index (κ3) is 6.15. The zero-order chi connectivity index (χ0) is 20.1. The van der Waals surface area contributed by atoms with Gasteiger partial charge in [0.05, 0.1) is 25.6 Å². The first-order chi connectivity index (χ1) is 14.1. The number of anilines is 1. The molecule has 3 aromatic rings. The van der Waals surface area contributed by atoms with E-state index in [1.54, 1.807) is 24.3 Å². The molecule has 1 aliphatic rings. The van der Waals surface area contributed by atoms with Gasteiger partial charge in [0.1, 0.15) is 0 Å². The highest BCUT2D eigenvalue weighted by Gasteiger charge is 2.41. The van der Waals surface area contributed by atoms with Crippen LogP contribution in [0.1, 0.15) is 12.0 Å². The largest absolute Gasteiger partial charge is 0.399 e. The van der Waals surface area contributed by atoms with E-state index in [1.165, 1.54) is 5.56 Å². The number of ether oxygens (including phenoxy) is 2. The van der Waals surface area contributed by atoms with Crippen molar-refractivity contribution in [3.05, 3.63) is 77.8 Å². The molecule has 5 nitrogen and oxygen atoms in total. The van der Waals surface area contributed by atoms with Gasteiger partial charge >= 0.3 is 0 Å². The van der Waals surface area contributed by atoms with Gasteiger partial charge in [0, 0.05) is 40.2 Å². The lowest BCUT2D eigenvalue weighted by atomic mass is 10.0. The van der Waals surface area contributed by atoms with E-state index in [1.807, 2.05) is 41.1 Å². The molecule has 0 bridgehead atoms. The lowest BCUT2D eigenvalue weighted by Crippen LogP contribution is -2.37. The molecule has 2 heterocycles. The van der Waals surface area contributed by atoms with Crippen molar-refractivity contribution in [2.24, 2.45) is 0 Å². The highest BCUT2D eigenvalue weighted by molar-refractivity contribution is 7.99. The topological polar surface area (TPSA) is 62.3 Å². The zero-order valence-electron chi connectivity index (χ0n) is 16.4. The van der Waals surface area contributed by atoms with Gasteiger partial charge < -0.3 is 19.8 Å². The van der Waals surface area contributed by atoms with Crippen LogP contribution in [0.25, 0.3) is 0 Å². The Morgan fingerprint density at radius 1 is 1.23 bits per heavy atom. The number of thioether (sulfide) groups is 1. The molecule has 8 heteroatoms. The minimum absolute atomic E-state index is 0. The monoisotopic (exact) mass is 465 g/mol. The summed E-state index contributed by atoms with van der Waals surface area (Å²) in [6.45, 7) is 1.19. The van der Waals surface area contributed by atoms with E-state index in [4.69, 9.17) is 26.8 Å². The molecule has 2 atom stereocenters. The van der Waals surface area contributed by atoms with Gasteiger partial charge in [-0.3, -0.25) is 0 Å². The molecule has 1 fully saturated rings. The molecular weight excluding hydrogens is 441 g/mol. The van der Waals surface area contributed by atoms with E-state index in [0.29, 0.717) is 13.2 Å². The first kappa shape index (κ1) is 23.0. The maximum atomic E-state index is 6.47. The van der Waals surface area contributed by atoms with Gasteiger partial charge in [0.2, 0.25) is 0 Å². The predicted octanol–water partition coefficient (Wildman–Crippen LogP) is 5.08. The SMILES string of the molecule is Cl.Nc1cccc(SC[C@@H]2CO[C@@](CCc3ccc(Cl)cc3)(Cn3ccnc3)O2)c1. The van der Waals surface area contributed by atoms with E-state index >= 15 is 0 Å². The Morgan fingerprint density at radius 2 is 2.07 bits per heavy atom. The van der Waals surface area contributed by atoms with Gasteiger partial charge in [-0.05, 0) is 42.3 Å². The van der Waals surface area contributed by atoms with Crippen LogP contribution in [0, 0.1) is 0 Å². The second-order valence-corrected chi connectivity index (χ2v) is 8.74. The first-order valence-electron chi connectivity index (χ1n) is 9.61. The molecule has 4 rings (SSSR count). The summed E-state index contributed by atoms with van der Waals surface area (Å²) >= 11 is 7.74. The number of aromatic nitrogens is 2.